The Balaban J connectivity index is 2.00. The first kappa shape index (κ1) is 15.5. The van der Waals surface area contributed by atoms with Crippen LogP contribution in [0.25, 0.3) is 0 Å². The maximum Gasteiger partial charge on any atom is 0.224 e. The van der Waals surface area contributed by atoms with Crippen LogP contribution in [0.4, 0.5) is 17.2 Å². The van der Waals surface area contributed by atoms with Crippen molar-refractivity contribution in [2.75, 3.05) is 10.6 Å². The molecular weight excluding hydrogens is 276 g/mol. The Morgan fingerprint density at radius 2 is 2.09 bits per heavy atom. The van der Waals surface area contributed by atoms with E-state index in [2.05, 4.69) is 21.7 Å². The van der Waals surface area contributed by atoms with Gasteiger partial charge in [0.05, 0.1) is 23.5 Å². The number of amides is 1. The zero-order valence-electron chi connectivity index (χ0n) is 12.6. The summed E-state index contributed by atoms with van der Waals surface area (Å²) in [6.07, 6.45) is 2.09. The van der Waals surface area contributed by atoms with Crippen LogP contribution in [-0.2, 0) is 4.79 Å². The number of nitrogens with zero attached hydrogens (tertiary/aromatic N) is 2. The van der Waals surface area contributed by atoms with Gasteiger partial charge in [0.25, 0.3) is 0 Å². The van der Waals surface area contributed by atoms with Crippen LogP contribution in [-0.4, -0.2) is 10.9 Å². The second-order valence-corrected chi connectivity index (χ2v) is 5.40. The van der Waals surface area contributed by atoms with Crippen LogP contribution >= 0.6 is 0 Å². The molecule has 22 heavy (non-hydrogen) atoms. The lowest BCUT2D eigenvalue weighted by atomic mass is 10.1. The highest BCUT2D eigenvalue weighted by Gasteiger charge is 2.05. The molecule has 0 bridgehead atoms. The van der Waals surface area contributed by atoms with Gasteiger partial charge in [0.1, 0.15) is 5.82 Å². The summed E-state index contributed by atoms with van der Waals surface area (Å²) >= 11 is 0. The number of nitrogens with one attached hydrogen (secondary N) is 2. The minimum absolute atomic E-state index is 0.0146. The van der Waals surface area contributed by atoms with Crippen molar-refractivity contribution in [2.45, 2.75) is 20.3 Å². The first-order valence-corrected chi connectivity index (χ1v) is 7.10. The summed E-state index contributed by atoms with van der Waals surface area (Å²) in [5.41, 5.74) is 2.05. The van der Waals surface area contributed by atoms with Crippen molar-refractivity contribution in [2.24, 2.45) is 5.92 Å². The highest BCUT2D eigenvalue weighted by Crippen LogP contribution is 2.17. The first-order chi connectivity index (χ1) is 10.6. The molecule has 1 aromatic heterocycles. The molecule has 0 aliphatic carbocycles. The van der Waals surface area contributed by atoms with E-state index in [0.717, 1.165) is 5.69 Å². The standard InChI is InChI=1S/C17H18N4O/c1-12(2)8-17(22)21-15-6-7-16(19-11-15)20-14-5-3-4-13(9-14)10-18/h3-7,9,11-12H,8H2,1-2H3,(H,19,20)(H,21,22). The molecule has 112 valence electrons. The maximum absolute atomic E-state index is 11.7. The fraction of sp³-hybridized carbons (Fsp3) is 0.235. The number of anilines is 3. The Morgan fingerprint density at radius 3 is 2.73 bits per heavy atom. The van der Waals surface area contributed by atoms with E-state index in [1.165, 1.54) is 0 Å². The normalized spacial score (nSPS) is 10.1. The summed E-state index contributed by atoms with van der Waals surface area (Å²) < 4.78 is 0. The van der Waals surface area contributed by atoms with Gasteiger partial charge in [-0.05, 0) is 36.2 Å². The fourth-order valence-corrected chi connectivity index (χ4v) is 1.94. The van der Waals surface area contributed by atoms with E-state index in [1.54, 1.807) is 36.5 Å². The molecule has 0 aliphatic heterocycles. The van der Waals surface area contributed by atoms with Crippen LogP contribution in [0.5, 0.6) is 0 Å². The second kappa shape index (κ2) is 7.23. The quantitative estimate of drug-likeness (QED) is 0.881. The molecule has 0 aliphatic rings. The van der Waals surface area contributed by atoms with Crippen LogP contribution in [0.15, 0.2) is 42.6 Å². The van der Waals surface area contributed by atoms with Crippen molar-refractivity contribution >= 4 is 23.1 Å². The Bertz CT molecular complexity index is 687. The van der Waals surface area contributed by atoms with Gasteiger partial charge in [-0.2, -0.15) is 5.26 Å². The van der Waals surface area contributed by atoms with Crippen molar-refractivity contribution in [3.8, 4) is 6.07 Å². The molecule has 5 heteroatoms. The average Bonchev–Trinajstić information content (AvgIpc) is 2.48. The monoisotopic (exact) mass is 294 g/mol. The molecule has 2 aromatic rings. The summed E-state index contributed by atoms with van der Waals surface area (Å²) in [5, 5.41) is 14.8. The summed E-state index contributed by atoms with van der Waals surface area (Å²) in [6, 6.07) is 12.8. The van der Waals surface area contributed by atoms with E-state index in [4.69, 9.17) is 5.26 Å². The Labute approximate surface area is 130 Å². The first-order valence-electron chi connectivity index (χ1n) is 7.10. The van der Waals surface area contributed by atoms with Gasteiger partial charge >= 0.3 is 0 Å². The van der Waals surface area contributed by atoms with Gasteiger partial charge in [0.2, 0.25) is 5.91 Å². The van der Waals surface area contributed by atoms with Crippen molar-refractivity contribution in [1.82, 2.24) is 4.98 Å². The Kier molecular flexibility index (Phi) is 5.10. The number of carbonyl (C=O) groups is 1. The number of hydrogen-bond acceptors (Lipinski definition) is 4. The van der Waals surface area contributed by atoms with Crippen molar-refractivity contribution in [3.05, 3.63) is 48.2 Å². The maximum atomic E-state index is 11.7. The van der Waals surface area contributed by atoms with Crippen LogP contribution < -0.4 is 10.6 Å². The molecule has 0 atom stereocenters. The topological polar surface area (TPSA) is 77.8 Å². The third-order valence-corrected chi connectivity index (χ3v) is 2.90. The molecule has 5 nitrogen and oxygen atoms in total. The highest BCUT2D eigenvalue weighted by atomic mass is 16.1. The Hall–Kier alpha value is -2.87. The van der Waals surface area contributed by atoms with Gasteiger partial charge in [-0.1, -0.05) is 19.9 Å². The third-order valence-electron chi connectivity index (χ3n) is 2.90. The number of nitriles is 1. The van der Waals surface area contributed by atoms with E-state index in [1.807, 2.05) is 19.9 Å². The lowest BCUT2D eigenvalue weighted by molar-refractivity contribution is -0.116. The van der Waals surface area contributed by atoms with Gasteiger partial charge in [-0.3, -0.25) is 4.79 Å². The largest absolute Gasteiger partial charge is 0.340 e. The second-order valence-electron chi connectivity index (χ2n) is 5.40. The molecule has 0 fully saturated rings. The fourth-order valence-electron chi connectivity index (χ4n) is 1.94. The van der Waals surface area contributed by atoms with Crippen LogP contribution in [0.1, 0.15) is 25.8 Å². The van der Waals surface area contributed by atoms with Crippen LogP contribution in [0.2, 0.25) is 0 Å². The predicted molar refractivity (Wildman–Crippen MR) is 86.8 cm³/mol. The number of hydrogen-bond donors (Lipinski definition) is 2. The lowest BCUT2D eigenvalue weighted by Gasteiger charge is -2.09. The molecule has 0 saturated heterocycles. The van der Waals surface area contributed by atoms with E-state index in [0.29, 0.717) is 29.4 Å². The zero-order chi connectivity index (χ0) is 15.9. The van der Waals surface area contributed by atoms with Gasteiger partial charge in [0, 0.05) is 12.1 Å². The summed E-state index contributed by atoms with van der Waals surface area (Å²) in [5.74, 6) is 0.956. The average molecular weight is 294 g/mol. The third kappa shape index (κ3) is 4.60. The highest BCUT2D eigenvalue weighted by molar-refractivity contribution is 5.90. The van der Waals surface area contributed by atoms with Crippen LogP contribution in [0, 0.1) is 17.2 Å². The number of rotatable bonds is 5. The van der Waals surface area contributed by atoms with Crippen molar-refractivity contribution in [3.63, 3.8) is 0 Å². The van der Waals surface area contributed by atoms with Gasteiger partial charge in [-0.25, -0.2) is 4.98 Å². The summed E-state index contributed by atoms with van der Waals surface area (Å²) in [6.45, 7) is 4.00. The molecule has 2 rings (SSSR count). The minimum Gasteiger partial charge on any atom is -0.340 e. The summed E-state index contributed by atoms with van der Waals surface area (Å²) in [4.78, 5) is 15.9. The SMILES string of the molecule is CC(C)CC(=O)Nc1ccc(Nc2cccc(C#N)c2)nc1. The van der Waals surface area contributed by atoms with Crippen molar-refractivity contribution < 1.29 is 4.79 Å². The number of carbonyl (C=O) groups excluding carboxylic acids is 1. The van der Waals surface area contributed by atoms with E-state index in [-0.39, 0.29) is 5.91 Å². The molecule has 2 N–H and O–H groups in total. The van der Waals surface area contributed by atoms with E-state index < -0.39 is 0 Å². The van der Waals surface area contributed by atoms with E-state index in [9.17, 15) is 4.79 Å². The lowest BCUT2D eigenvalue weighted by Crippen LogP contribution is -2.13. The number of aromatic nitrogens is 1. The van der Waals surface area contributed by atoms with Crippen molar-refractivity contribution in [1.29, 1.82) is 5.26 Å². The van der Waals surface area contributed by atoms with Gasteiger partial charge in [0.15, 0.2) is 0 Å². The van der Waals surface area contributed by atoms with Gasteiger partial charge < -0.3 is 10.6 Å². The van der Waals surface area contributed by atoms with Gasteiger partial charge in [-0.15, -0.1) is 0 Å². The predicted octanol–water partition coefficient (Wildman–Crippen LogP) is 3.68. The number of pyridine rings is 1. The number of benzene rings is 1. The Morgan fingerprint density at radius 1 is 1.27 bits per heavy atom. The van der Waals surface area contributed by atoms with Crippen LogP contribution in [0.3, 0.4) is 0 Å². The minimum atomic E-state index is -0.0146. The molecule has 0 radical (unpaired) electrons. The molecular formula is C17H18N4O. The molecule has 1 aromatic carbocycles. The molecule has 1 amide bonds. The molecule has 0 spiro atoms. The zero-order valence-corrected chi connectivity index (χ0v) is 12.6. The molecule has 1 heterocycles. The molecule has 0 saturated carbocycles. The smallest absolute Gasteiger partial charge is 0.224 e. The summed E-state index contributed by atoms with van der Waals surface area (Å²) in [7, 11) is 0. The molecule has 0 unspecified atom stereocenters. The van der Waals surface area contributed by atoms with E-state index >= 15 is 0 Å².